The second-order valence-corrected chi connectivity index (χ2v) is 1.80. The summed E-state index contributed by atoms with van der Waals surface area (Å²) < 4.78 is 0. The van der Waals surface area contributed by atoms with Gasteiger partial charge in [-0.2, -0.15) is 5.10 Å². The quantitative estimate of drug-likeness (QED) is 0.377. The lowest BCUT2D eigenvalue weighted by Gasteiger charge is -2.09. The fourth-order valence-electron chi connectivity index (χ4n) is 0.513. The van der Waals surface area contributed by atoms with Gasteiger partial charge in [-0.1, -0.05) is 0 Å². The number of hydrogen-bond acceptors (Lipinski definition) is 4. The molecule has 1 rings (SSSR count). The molecule has 1 aliphatic rings. The molecule has 2 N–H and O–H groups in total. The van der Waals surface area contributed by atoms with Gasteiger partial charge in [0.2, 0.25) is 0 Å². The van der Waals surface area contributed by atoms with Gasteiger partial charge in [0.1, 0.15) is 0 Å². The Bertz CT molecular complexity index is 175. The van der Waals surface area contributed by atoms with Crippen molar-refractivity contribution >= 4 is 12.1 Å². The van der Waals surface area contributed by atoms with Gasteiger partial charge < -0.3 is 10.2 Å². The first-order chi connectivity index (χ1) is 4.04. The molecule has 0 bridgehead atoms. The van der Waals surface area contributed by atoms with Gasteiger partial charge in [-0.25, -0.2) is 5.01 Å². The molecule has 0 saturated heterocycles. The van der Waals surface area contributed by atoms with Gasteiger partial charge in [0.15, 0.2) is 0 Å². The first-order valence-electron chi connectivity index (χ1n) is 2.32. The van der Waals surface area contributed by atoms with Crippen LogP contribution in [0.3, 0.4) is 0 Å². The van der Waals surface area contributed by atoms with E-state index >= 15 is 0 Å². The number of likely N-dealkylation sites (N-methyl/N-ethyl adjacent to an activating group) is 1. The lowest BCUT2D eigenvalue weighted by Crippen LogP contribution is -2.40. The van der Waals surface area contributed by atoms with E-state index < -0.39 is 11.7 Å². The molecule has 0 aromatic rings. The van der Waals surface area contributed by atoms with Crippen LogP contribution in [-0.4, -0.2) is 40.2 Å². The second-order valence-electron chi connectivity index (χ2n) is 1.80. The lowest BCUT2D eigenvalue weighted by molar-refractivity contribution is -0.166. The molecule has 0 aliphatic carbocycles. The molecule has 0 radical (unpaired) electrons. The number of hydrogen-bond donors (Lipinski definition) is 2. The van der Waals surface area contributed by atoms with Crippen LogP contribution in [0.25, 0.3) is 0 Å². The Morgan fingerprint density at radius 1 is 1.78 bits per heavy atom. The summed E-state index contributed by atoms with van der Waals surface area (Å²) in [7, 11) is 1.34. The average molecular weight is 130 g/mol. The van der Waals surface area contributed by atoms with Crippen molar-refractivity contribution in [2.45, 2.75) is 5.79 Å². The first kappa shape index (κ1) is 6.18. The average Bonchev–Trinajstić information content (AvgIpc) is 1.97. The number of aliphatic hydroxyl groups is 2. The van der Waals surface area contributed by atoms with Gasteiger partial charge in [-0.3, -0.25) is 4.79 Å². The van der Waals surface area contributed by atoms with Crippen LogP contribution in [0.2, 0.25) is 0 Å². The minimum Gasteiger partial charge on any atom is -0.354 e. The zero-order chi connectivity index (χ0) is 7.07. The Labute approximate surface area is 51.2 Å². The van der Waals surface area contributed by atoms with Gasteiger partial charge in [0.25, 0.3) is 5.79 Å². The predicted octanol–water partition coefficient (Wildman–Crippen LogP) is -1.87. The molecular weight excluding hydrogens is 124 g/mol. The zero-order valence-corrected chi connectivity index (χ0v) is 4.77. The van der Waals surface area contributed by atoms with Crippen molar-refractivity contribution in [2.24, 2.45) is 5.10 Å². The fourth-order valence-corrected chi connectivity index (χ4v) is 0.513. The molecule has 9 heavy (non-hydrogen) atoms. The third kappa shape index (κ3) is 0.797. The third-order valence-corrected chi connectivity index (χ3v) is 1.02. The monoisotopic (exact) mass is 130 g/mol. The van der Waals surface area contributed by atoms with E-state index in [1.807, 2.05) is 0 Å². The van der Waals surface area contributed by atoms with Crippen molar-refractivity contribution in [3.8, 4) is 0 Å². The number of nitrogens with zero attached hydrogens (tertiary/aromatic N) is 2. The molecule has 0 fully saturated rings. The van der Waals surface area contributed by atoms with Crippen molar-refractivity contribution in [1.82, 2.24) is 5.01 Å². The number of carbonyl (C=O) groups excluding carboxylic acids is 1. The number of hydrazone groups is 1. The topological polar surface area (TPSA) is 73.1 Å². The van der Waals surface area contributed by atoms with Crippen molar-refractivity contribution < 1.29 is 15.0 Å². The molecule has 0 aromatic heterocycles. The van der Waals surface area contributed by atoms with Crippen LogP contribution in [-0.2, 0) is 4.79 Å². The van der Waals surface area contributed by atoms with Gasteiger partial charge in [-0.15, -0.1) is 0 Å². The van der Waals surface area contributed by atoms with Crippen molar-refractivity contribution in [1.29, 1.82) is 0 Å². The molecule has 1 heterocycles. The molecule has 0 spiro atoms. The molecule has 0 aromatic carbocycles. The number of rotatable bonds is 0. The maximum Gasteiger partial charge on any atom is 0.308 e. The summed E-state index contributed by atoms with van der Waals surface area (Å²) in [6.45, 7) is 0. The van der Waals surface area contributed by atoms with Crippen LogP contribution in [0.15, 0.2) is 5.10 Å². The Kier molecular flexibility index (Phi) is 1.04. The van der Waals surface area contributed by atoms with E-state index in [-0.39, 0.29) is 0 Å². The van der Waals surface area contributed by atoms with E-state index in [9.17, 15) is 4.79 Å². The SMILES string of the molecule is CN1N=CC(O)(O)C1=O. The van der Waals surface area contributed by atoms with E-state index in [4.69, 9.17) is 10.2 Å². The maximum atomic E-state index is 10.5. The molecule has 0 saturated carbocycles. The van der Waals surface area contributed by atoms with Gasteiger partial charge in [0.05, 0.1) is 6.21 Å². The number of carbonyl (C=O) groups is 1. The minimum atomic E-state index is -2.38. The van der Waals surface area contributed by atoms with Crippen LogP contribution in [0.4, 0.5) is 0 Å². The second kappa shape index (κ2) is 1.52. The Morgan fingerprint density at radius 3 is 2.44 bits per heavy atom. The van der Waals surface area contributed by atoms with Gasteiger partial charge in [0, 0.05) is 7.05 Å². The Morgan fingerprint density at radius 2 is 2.33 bits per heavy atom. The molecule has 0 atom stereocenters. The molecular formula is C4H6N2O3. The van der Waals surface area contributed by atoms with Crippen LogP contribution < -0.4 is 0 Å². The summed E-state index contributed by atoms with van der Waals surface area (Å²) in [5.41, 5.74) is 0. The molecule has 5 nitrogen and oxygen atoms in total. The van der Waals surface area contributed by atoms with E-state index in [1.165, 1.54) is 7.05 Å². The van der Waals surface area contributed by atoms with Crippen LogP contribution in [0.5, 0.6) is 0 Å². The minimum absolute atomic E-state index is 0.773. The van der Waals surface area contributed by atoms with Gasteiger partial charge in [-0.05, 0) is 0 Å². The summed E-state index contributed by atoms with van der Waals surface area (Å²) in [5, 5.41) is 21.5. The van der Waals surface area contributed by atoms with E-state index in [0.29, 0.717) is 0 Å². The number of amides is 1. The summed E-state index contributed by atoms with van der Waals surface area (Å²) in [4.78, 5) is 10.5. The summed E-state index contributed by atoms with van der Waals surface area (Å²) in [6.07, 6.45) is 0.773. The Hall–Kier alpha value is -0.940. The zero-order valence-electron chi connectivity index (χ0n) is 4.77. The largest absolute Gasteiger partial charge is 0.354 e. The van der Waals surface area contributed by atoms with Crippen LogP contribution in [0, 0.1) is 0 Å². The molecule has 1 amide bonds. The molecule has 5 heteroatoms. The Balaban J connectivity index is 2.86. The third-order valence-electron chi connectivity index (χ3n) is 1.02. The highest BCUT2D eigenvalue weighted by Crippen LogP contribution is 2.08. The highest BCUT2D eigenvalue weighted by atomic mass is 16.5. The first-order valence-corrected chi connectivity index (χ1v) is 2.32. The maximum absolute atomic E-state index is 10.5. The van der Waals surface area contributed by atoms with Gasteiger partial charge >= 0.3 is 5.91 Å². The molecule has 1 aliphatic heterocycles. The highest BCUT2D eigenvalue weighted by molar-refractivity contribution is 6.02. The van der Waals surface area contributed by atoms with Crippen molar-refractivity contribution in [2.75, 3.05) is 7.05 Å². The summed E-state index contributed by atoms with van der Waals surface area (Å²) in [5.74, 6) is -3.21. The predicted molar refractivity (Wildman–Crippen MR) is 28.4 cm³/mol. The smallest absolute Gasteiger partial charge is 0.308 e. The van der Waals surface area contributed by atoms with Crippen molar-refractivity contribution in [3.63, 3.8) is 0 Å². The summed E-state index contributed by atoms with van der Waals surface area (Å²) >= 11 is 0. The van der Waals surface area contributed by atoms with E-state index in [0.717, 1.165) is 11.2 Å². The highest BCUT2D eigenvalue weighted by Gasteiger charge is 2.39. The van der Waals surface area contributed by atoms with Crippen molar-refractivity contribution in [3.05, 3.63) is 0 Å². The molecule has 0 unspecified atom stereocenters. The standard InChI is InChI=1S/C4H6N2O3/c1-6-3(7)4(8,9)2-5-6/h2,8-9H,1H3. The normalized spacial score (nSPS) is 23.4. The van der Waals surface area contributed by atoms with E-state index in [1.54, 1.807) is 0 Å². The van der Waals surface area contributed by atoms with Crippen LogP contribution in [0.1, 0.15) is 0 Å². The van der Waals surface area contributed by atoms with Crippen LogP contribution >= 0.6 is 0 Å². The lowest BCUT2D eigenvalue weighted by atomic mass is 10.3. The van der Waals surface area contributed by atoms with E-state index in [2.05, 4.69) is 5.10 Å². The fraction of sp³-hybridized carbons (Fsp3) is 0.500. The summed E-state index contributed by atoms with van der Waals surface area (Å²) in [6, 6.07) is 0. The molecule has 50 valence electrons.